The molecule has 1 fully saturated rings. The van der Waals surface area contributed by atoms with Crippen LogP contribution in [0.5, 0.6) is 0 Å². The van der Waals surface area contributed by atoms with E-state index in [-0.39, 0.29) is 5.91 Å². The zero-order chi connectivity index (χ0) is 14.1. The number of unbranched alkanes of at least 4 members (excludes halogenated alkanes) is 4. The van der Waals surface area contributed by atoms with Crippen molar-refractivity contribution in [1.29, 1.82) is 0 Å². The van der Waals surface area contributed by atoms with Crippen LogP contribution in [0.25, 0.3) is 0 Å². The molecule has 4 heteroatoms. The molecule has 1 saturated carbocycles. The molecule has 1 aliphatic carbocycles. The third-order valence-electron chi connectivity index (χ3n) is 3.91. The first-order valence-electron chi connectivity index (χ1n) is 7.73. The van der Waals surface area contributed by atoms with Gasteiger partial charge < -0.3 is 10.6 Å². The number of hydrogen-bond acceptors (Lipinski definition) is 2. The second kappa shape index (κ2) is 9.29. The summed E-state index contributed by atoms with van der Waals surface area (Å²) >= 11 is 4.98. The molecule has 0 spiro atoms. The minimum atomic E-state index is 0.246. The van der Waals surface area contributed by atoms with Crippen molar-refractivity contribution in [3.63, 3.8) is 0 Å². The number of rotatable bonds is 9. The van der Waals surface area contributed by atoms with Crippen molar-refractivity contribution in [2.75, 3.05) is 6.54 Å². The SMILES string of the molecule is CCCCCCCC(=O)N(CC(N)=S)C1CCCC1. The fraction of sp³-hybridized carbons (Fsp3) is 0.867. The molecule has 1 aliphatic rings. The maximum atomic E-state index is 12.3. The van der Waals surface area contributed by atoms with E-state index in [1.807, 2.05) is 4.90 Å². The molecule has 0 aromatic rings. The summed E-state index contributed by atoms with van der Waals surface area (Å²) in [5.74, 6) is 0.246. The molecular weight excluding hydrogens is 256 g/mol. The van der Waals surface area contributed by atoms with Crippen LogP contribution >= 0.6 is 12.2 Å². The van der Waals surface area contributed by atoms with Crippen LogP contribution in [-0.4, -0.2) is 28.4 Å². The van der Waals surface area contributed by atoms with Gasteiger partial charge >= 0.3 is 0 Å². The normalized spacial score (nSPS) is 15.6. The van der Waals surface area contributed by atoms with E-state index in [4.69, 9.17) is 18.0 Å². The van der Waals surface area contributed by atoms with Crippen LogP contribution in [0.4, 0.5) is 0 Å². The molecule has 3 nitrogen and oxygen atoms in total. The Balaban J connectivity index is 2.35. The molecule has 0 atom stereocenters. The molecule has 0 aromatic carbocycles. The van der Waals surface area contributed by atoms with Crippen LogP contribution in [0, 0.1) is 0 Å². The van der Waals surface area contributed by atoms with Crippen molar-refractivity contribution in [2.45, 2.75) is 77.2 Å². The minimum Gasteiger partial charge on any atom is -0.392 e. The summed E-state index contributed by atoms with van der Waals surface area (Å²) in [7, 11) is 0. The van der Waals surface area contributed by atoms with Gasteiger partial charge in [0.05, 0.1) is 11.5 Å². The smallest absolute Gasteiger partial charge is 0.223 e. The summed E-state index contributed by atoms with van der Waals surface area (Å²) in [6, 6.07) is 0.379. The lowest BCUT2D eigenvalue weighted by molar-refractivity contribution is -0.132. The Hall–Kier alpha value is -0.640. The Labute approximate surface area is 122 Å². The Kier molecular flexibility index (Phi) is 8.03. The first-order valence-corrected chi connectivity index (χ1v) is 8.13. The fourth-order valence-corrected chi connectivity index (χ4v) is 2.97. The first-order chi connectivity index (χ1) is 9.15. The van der Waals surface area contributed by atoms with E-state index >= 15 is 0 Å². The van der Waals surface area contributed by atoms with Gasteiger partial charge in [-0.1, -0.05) is 57.7 Å². The second-order valence-corrected chi connectivity index (χ2v) is 6.11. The van der Waals surface area contributed by atoms with Gasteiger partial charge in [0.1, 0.15) is 0 Å². The molecule has 1 amide bonds. The molecule has 0 heterocycles. The van der Waals surface area contributed by atoms with Crippen LogP contribution in [-0.2, 0) is 4.79 Å². The predicted molar refractivity (Wildman–Crippen MR) is 84.1 cm³/mol. The lowest BCUT2D eigenvalue weighted by atomic mass is 10.1. The molecule has 110 valence electrons. The minimum absolute atomic E-state index is 0.246. The maximum absolute atomic E-state index is 12.3. The quantitative estimate of drug-likeness (QED) is 0.521. The summed E-state index contributed by atoms with van der Waals surface area (Å²) in [6.07, 6.45) is 11.2. The van der Waals surface area contributed by atoms with Crippen molar-refractivity contribution in [3.05, 3.63) is 0 Å². The van der Waals surface area contributed by atoms with Crippen molar-refractivity contribution in [1.82, 2.24) is 4.90 Å². The third kappa shape index (κ3) is 6.37. The van der Waals surface area contributed by atoms with Crippen LogP contribution in [0.3, 0.4) is 0 Å². The Morgan fingerprint density at radius 1 is 1.21 bits per heavy atom. The summed E-state index contributed by atoms with van der Waals surface area (Å²) in [6.45, 7) is 2.67. The van der Waals surface area contributed by atoms with Gasteiger partial charge in [0.2, 0.25) is 5.91 Å². The summed E-state index contributed by atoms with van der Waals surface area (Å²) < 4.78 is 0. The van der Waals surface area contributed by atoms with E-state index in [1.165, 1.54) is 32.1 Å². The highest BCUT2D eigenvalue weighted by atomic mass is 32.1. The Morgan fingerprint density at radius 2 is 1.84 bits per heavy atom. The molecule has 1 rings (SSSR count). The zero-order valence-electron chi connectivity index (χ0n) is 12.2. The number of carbonyl (C=O) groups excluding carboxylic acids is 1. The molecule has 2 N–H and O–H groups in total. The van der Waals surface area contributed by atoms with E-state index in [0.29, 0.717) is 24.0 Å². The van der Waals surface area contributed by atoms with Crippen molar-refractivity contribution >= 4 is 23.1 Å². The molecule has 0 unspecified atom stereocenters. The summed E-state index contributed by atoms with van der Waals surface area (Å²) in [5.41, 5.74) is 5.63. The van der Waals surface area contributed by atoms with Gasteiger partial charge in [-0.25, -0.2) is 0 Å². The molecule has 0 aromatic heterocycles. The topological polar surface area (TPSA) is 46.3 Å². The van der Waals surface area contributed by atoms with E-state index in [2.05, 4.69) is 6.92 Å². The maximum Gasteiger partial charge on any atom is 0.223 e. The van der Waals surface area contributed by atoms with E-state index in [1.54, 1.807) is 0 Å². The van der Waals surface area contributed by atoms with Crippen molar-refractivity contribution in [3.8, 4) is 0 Å². The van der Waals surface area contributed by atoms with Crippen LogP contribution in [0.15, 0.2) is 0 Å². The second-order valence-electron chi connectivity index (χ2n) is 5.59. The van der Waals surface area contributed by atoms with Crippen LogP contribution in [0.2, 0.25) is 0 Å². The highest BCUT2D eigenvalue weighted by Gasteiger charge is 2.26. The monoisotopic (exact) mass is 284 g/mol. The fourth-order valence-electron chi connectivity index (χ4n) is 2.83. The Bertz CT molecular complexity index is 288. The van der Waals surface area contributed by atoms with Gasteiger partial charge in [0, 0.05) is 12.5 Å². The van der Waals surface area contributed by atoms with E-state index in [9.17, 15) is 4.79 Å². The van der Waals surface area contributed by atoms with Gasteiger partial charge in [0.25, 0.3) is 0 Å². The average molecular weight is 284 g/mol. The summed E-state index contributed by atoms with van der Waals surface area (Å²) in [5, 5.41) is 0. The molecule has 0 saturated heterocycles. The van der Waals surface area contributed by atoms with Gasteiger partial charge in [-0.05, 0) is 19.3 Å². The average Bonchev–Trinajstić information content (AvgIpc) is 2.89. The predicted octanol–water partition coefficient (Wildman–Crippen LogP) is 3.40. The third-order valence-corrected chi connectivity index (χ3v) is 4.04. The largest absolute Gasteiger partial charge is 0.392 e. The van der Waals surface area contributed by atoms with E-state index < -0.39 is 0 Å². The highest BCUT2D eigenvalue weighted by molar-refractivity contribution is 7.80. The number of amides is 1. The van der Waals surface area contributed by atoms with E-state index in [0.717, 1.165) is 25.7 Å². The lowest BCUT2D eigenvalue weighted by Crippen LogP contribution is -2.43. The van der Waals surface area contributed by atoms with Crippen molar-refractivity contribution < 1.29 is 4.79 Å². The standard InChI is InChI=1S/C15H28N2OS/c1-2-3-4-5-6-11-15(18)17(12-14(16)19)13-9-7-8-10-13/h13H,2-12H2,1H3,(H2,16,19). The Morgan fingerprint density at radius 3 is 2.42 bits per heavy atom. The van der Waals surface area contributed by atoms with Crippen LogP contribution in [0.1, 0.15) is 71.1 Å². The highest BCUT2D eigenvalue weighted by Crippen LogP contribution is 2.24. The number of thiocarbonyl (C=S) groups is 1. The zero-order valence-corrected chi connectivity index (χ0v) is 13.0. The first kappa shape index (κ1) is 16.4. The van der Waals surface area contributed by atoms with Gasteiger partial charge in [0.15, 0.2) is 0 Å². The van der Waals surface area contributed by atoms with Gasteiger partial charge in [-0.2, -0.15) is 0 Å². The molecule has 19 heavy (non-hydrogen) atoms. The number of carbonyl (C=O) groups is 1. The molecule has 0 radical (unpaired) electrons. The van der Waals surface area contributed by atoms with Crippen LogP contribution < -0.4 is 5.73 Å². The van der Waals surface area contributed by atoms with Gasteiger partial charge in [-0.15, -0.1) is 0 Å². The summed E-state index contributed by atoms with van der Waals surface area (Å²) in [4.78, 5) is 14.7. The molecule has 0 aliphatic heterocycles. The number of hydrogen-bond donors (Lipinski definition) is 1. The molecular formula is C15H28N2OS. The van der Waals surface area contributed by atoms with Crippen molar-refractivity contribution in [2.24, 2.45) is 5.73 Å². The van der Waals surface area contributed by atoms with Gasteiger partial charge in [-0.3, -0.25) is 4.79 Å². The number of nitrogens with two attached hydrogens (primary N) is 1. The molecule has 0 bridgehead atoms. The number of nitrogens with zero attached hydrogens (tertiary/aromatic N) is 1. The lowest BCUT2D eigenvalue weighted by Gasteiger charge is -2.28.